The zero-order valence-electron chi connectivity index (χ0n) is 8.67. The molecule has 1 atom stereocenters. The fourth-order valence-electron chi connectivity index (χ4n) is 1.52. The molecule has 1 aromatic carbocycles. The van der Waals surface area contributed by atoms with Gasteiger partial charge in [-0.25, -0.2) is 0 Å². The zero-order valence-corrected chi connectivity index (χ0v) is 8.67. The maximum atomic E-state index is 3.45. The Hall–Kier alpha value is -1.44. The summed E-state index contributed by atoms with van der Waals surface area (Å²) in [5.74, 6) is 0. The smallest absolute Gasteiger partial charge is 0.0474 e. The third-order valence-corrected chi connectivity index (χ3v) is 2.58. The molecule has 2 aromatic rings. The van der Waals surface area contributed by atoms with E-state index in [-0.39, 0.29) is 0 Å². The van der Waals surface area contributed by atoms with Crippen molar-refractivity contribution in [3.63, 3.8) is 0 Å². The molecule has 74 valence electrons. The molecule has 0 radical (unpaired) electrons. The van der Waals surface area contributed by atoms with Gasteiger partial charge in [-0.2, -0.15) is 0 Å². The second-order valence-electron chi connectivity index (χ2n) is 3.73. The van der Waals surface area contributed by atoms with Crippen LogP contribution in [-0.2, 0) is 0 Å². The Bertz CT molecular complexity index is 417. The number of rotatable bonds is 3. The maximum Gasteiger partial charge on any atom is 0.0474 e. The van der Waals surface area contributed by atoms with E-state index in [4.69, 9.17) is 0 Å². The van der Waals surface area contributed by atoms with Crippen LogP contribution in [0.2, 0.25) is 0 Å². The molecule has 2 nitrogen and oxygen atoms in total. The summed E-state index contributed by atoms with van der Waals surface area (Å²) in [5, 5.41) is 4.72. The molecule has 0 saturated carbocycles. The Morgan fingerprint density at radius 1 is 1.36 bits per heavy atom. The minimum absolute atomic E-state index is 0.530. The number of aromatic amines is 1. The van der Waals surface area contributed by atoms with Gasteiger partial charge in [-0.1, -0.05) is 13.0 Å². The van der Waals surface area contributed by atoms with E-state index in [1.54, 1.807) is 0 Å². The number of anilines is 1. The van der Waals surface area contributed by atoms with Crippen LogP contribution in [0.5, 0.6) is 0 Å². The number of nitrogens with one attached hydrogen (secondary N) is 2. The van der Waals surface area contributed by atoms with Crippen LogP contribution in [0.25, 0.3) is 10.9 Å². The number of hydrogen-bond acceptors (Lipinski definition) is 1. The van der Waals surface area contributed by atoms with E-state index < -0.39 is 0 Å². The van der Waals surface area contributed by atoms with Crippen LogP contribution in [-0.4, -0.2) is 11.0 Å². The van der Waals surface area contributed by atoms with Crippen molar-refractivity contribution in [3.05, 3.63) is 30.5 Å². The Labute approximate surface area is 84.3 Å². The van der Waals surface area contributed by atoms with Crippen molar-refractivity contribution in [1.29, 1.82) is 0 Å². The van der Waals surface area contributed by atoms with Gasteiger partial charge in [0.25, 0.3) is 0 Å². The Morgan fingerprint density at radius 2 is 2.21 bits per heavy atom. The fraction of sp³-hybridized carbons (Fsp3) is 0.333. The predicted molar refractivity (Wildman–Crippen MR) is 61.7 cm³/mol. The van der Waals surface area contributed by atoms with E-state index in [1.807, 2.05) is 6.20 Å². The van der Waals surface area contributed by atoms with Gasteiger partial charge in [0, 0.05) is 23.4 Å². The molecular weight excluding hydrogens is 172 g/mol. The molecule has 0 aliphatic rings. The normalized spacial score (nSPS) is 13.0. The van der Waals surface area contributed by atoms with E-state index in [0.717, 1.165) is 6.42 Å². The lowest BCUT2D eigenvalue weighted by Gasteiger charge is -2.12. The highest BCUT2D eigenvalue weighted by molar-refractivity contribution is 5.82. The van der Waals surface area contributed by atoms with Crippen LogP contribution in [0, 0.1) is 0 Å². The monoisotopic (exact) mass is 188 g/mol. The summed E-state index contributed by atoms with van der Waals surface area (Å²) in [7, 11) is 0. The van der Waals surface area contributed by atoms with Crippen molar-refractivity contribution >= 4 is 16.6 Å². The number of benzene rings is 1. The van der Waals surface area contributed by atoms with Gasteiger partial charge in [-0.15, -0.1) is 0 Å². The molecule has 2 N–H and O–H groups in total. The summed E-state index contributed by atoms with van der Waals surface area (Å²) in [6.07, 6.45) is 3.11. The van der Waals surface area contributed by atoms with Gasteiger partial charge in [0.05, 0.1) is 0 Å². The lowest BCUT2D eigenvalue weighted by Crippen LogP contribution is -2.12. The second-order valence-corrected chi connectivity index (χ2v) is 3.73. The van der Waals surface area contributed by atoms with Gasteiger partial charge in [0.1, 0.15) is 0 Å². The third-order valence-electron chi connectivity index (χ3n) is 2.58. The molecule has 2 heteroatoms. The van der Waals surface area contributed by atoms with Crippen LogP contribution < -0.4 is 5.32 Å². The molecule has 0 saturated heterocycles. The molecule has 1 aromatic heterocycles. The first-order valence-corrected chi connectivity index (χ1v) is 5.13. The van der Waals surface area contributed by atoms with E-state index in [9.17, 15) is 0 Å². The molecule has 0 aliphatic carbocycles. The van der Waals surface area contributed by atoms with Crippen molar-refractivity contribution < 1.29 is 0 Å². The third kappa shape index (κ3) is 1.74. The highest BCUT2D eigenvalue weighted by Gasteiger charge is 2.00. The molecule has 1 unspecified atom stereocenters. The van der Waals surface area contributed by atoms with Crippen LogP contribution in [0.1, 0.15) is 20.3 Å². The lowest BCUT2D eigenvalue weighted by atomic mass is 10.2. The molecule has 0 amide bonds. The summed E-state index contributed by atoms with van der Waals surface area (Å²) in [4.78, 5) is 3.21. The zero-order chi connectivity index (χ0) is 9.97. The summed E-state index contributed by atoms with van der Waals surface area (Å²) in [6.45, 7) is 4.38. The molecule has 14 heavy (non-hydrogen) atoms. The second kappa shape index (κ2) is 3.74. The quantitative estimate of drug-likeness (QED) is 0.759. The van der Waals surface area contributed by atoms with Crippen molar-refractivity contribution in [2.24, 2.45) is 0 Å². The molecule has 0 fully saturated rings. The van der Waals surface area contributed by atoms with Gasteiger partial charge in [-0.05, 0) is 36.9 Å². The van der Waals surface area contributed by atoms with Crippen LogP contribution in [0.4, 0.5) is 5.69 Å². The average Bonchev–Trinajstić information content (AvgIpc) is 2.64. The van der Waals surface area contributed by atoms with E-state index in [0.29, 0.717) is 6.04 Å². The summed E-state index contributed by atoms with van der Waals surface area (Å²) in [6, 6.07) is 9.03. The molecule has 0 aliphatic heterocycles. The standard InChI is InChI=1S/C12H16N2/c1-3-9(2)14-11-5-4-10-6-7-13-12(10)8-11/h4-9,13-14H,3H2,1-2H3. The van der Waals surface area contributed by atoms with Gasteiger partial charge in [0.2, 0.25) is 0 Å². The lowest BCUT2D eigenvalue weighted by molar-refractivity contribution is 0.764. The van der Waals surface area contributed by atoms with Crippen molar-refractivity contribution in [3.8, 4) is 0 Å². The summed E-state index contributed by atoms with van der Waals surface area (Å²) >= 11 is 0. The van der Waals surface area contributed by atoms with Crippen molar-refractivity contribution in [2.45, 2.75) is 26.3 Å². The Morgan fingerprint density at radius 3 is 3.00 bits per heavy atom. The summed E-state index contributed by atoms with van der Waals surface area (Å²) in [5.41, 5.74) is 2.38. The topological polar surface area (TPSA) is 27.8 Å². The number of fused-ring (bicyclic) bond motifs is 1. The molecule has 0 bridgehead atoms. The molecule has 0 spiro atoms. The average molecular weight is 188 g/mol. The van der Waals surface area contributed by atoms with Gasteiger partial charge in [-0.3, -0.25) is 0 Å². The highest BCUT2D eigenvalue weighted by Crippen LogP contribution is 2.18. The van der Waals surface area contributed by atoms with Crippen molar-refractivity contribution in [2.75, 3.05) is 5.32 Å². The molecule has 2 rings (SSSR count). The van der Waals surface area contributed by atoms with Gasteiger partial charge < -0.3 is 10.3 Å². The predicted octanol–water partition coefficient (Wildman–Crippen LogP) is 3.38. The van der Waals surface area contributed by atoms with E-state index >= 15 is 0 Å². The SMILES string of the molecule is CCC(C)Nc1ccc2cc[nH]c2c1. The largest absolute Gasteiger partial charge is 0.383 e. The fourth-order valence-corrected chi connectivity index (χ4v) is 1.52. The van der Waals surface area contributed by atoms with Crippen LogP contribution in [0.15, 0.2) is 30.5 Å². The Kier molecular flexibility index (Phi) is 2.44. The minimum atomic E-state index is 0.530. The molecule has 1 heterocycles. The first-order valence-electron chi connectivity index (χ1n) is 5.13. The number of H-pyrrole nitrogens is 1. The van der Waals surface area contributed by atoms with Crippen LogP contribution in [0.3, 0.4) is 0 Å². The maximum absolute atomic E-state index is 3.45. The van der Waals surface area contributed by atoms with E-state index in [2.05, 4.69) is 48.4 Å². The van der Waals surface area contributed by atoms with Crippen molar-refractivity contribution in [1.82, 2.24) is 4.98 Å². The minimum Gasteiger partial charge on any atom is -0.383 e. The first kappa shape index (κ1) is 9.13. The van der Waals surface area contributed by atoms with E-state index in [1.165, 1.54) is 16.6 Å². The first-order chi connectivity index (χ1) is 6.79. The highest BCUT2D eigenvalue weighted by atomic mass is 14.9. The number of aromatic nitrogens is 1. The van der Waals surface area contributed by atoms with Gasteiger partial charge in [0.15, 0.2) is 0 Å². The Balaban J connectivity index is 2.25. The van der Waals surface area contributed by atoms with Gasteiger partial charge >= 0.3 is 0 Å². The molecular formula is C12H16N2. The van der Waals surface area contributed by atoms with Crippen LogP contribution >= 0.6 is 0 Å². The summed E-state index contributed by atoms with van der Waals surface area (Å²) < 4.78 is 0. The number of hydrogen-bond donors (Lipinski definition) is 2.